The molecule has 0 saturated carbocycles. The van der Waals surface area contributed by atoms with Crippen molar-refractivity contribution in [3.63, 3.8) is 0 Å². The molecule has 1 unspecified atom stereocenters. The van der Waals surface area contributed by atoms with Crippen LogP contribution in [0.5, 0.6) is 0 Å². The number of rotatable bonds is 3. The van der Waals surface area contributed by atoms with Gasteiger partial charge in [0, 0.05) is 16.5 Å². The maximum Gasteiger partial charge on any atom is 0.0726 e. The zero-order valence-electron chi connectivity index (χ0n) is 25.0. The van der Waals surface area contributed by atoms with Crippen LogP contribution < -0.4 is 0 Å². The molecule has 0 N–H and O–H groups in total. The van der Waals surface area contributed by atoms with Crippen molar-refractivity contribution in [2.75, 3.05) is 0 Å². The van der Waals surface area contributed by atoms with Gasteiger partial charge in [-0.1, -0.05) is 133 Å². The molecule has 8 aromatic carbocycles. The molecule has 0 spiro atoms. The summed E-state index contributed by atoms with van der Waals surface area (Å²) < 4.78 is 2.51. The summed E-state index contributed by atoms with van der Waals surface area (Å²) in [7, 11) is 0. The van der Waals surface area contributed by atoms with Crippen LogP contribution in [0.1, 0.15) is 22.3 Å². The zero-order valence-corrected chi connectivity index (χ0v) is 25.0. The third-order valence-electron chi connectivity index (χ3n) is 10.7. The zero-order chi connectivity index (χ0) is 30.0. The Morgan fingerprint density at radius 3 is 2.00 bits per heavy atom. The van der Waals surface area contributed by atoms with E-state index in [1.807, 2.05) is 0 Å². The number of nitrogens with zero attached hydrogens (tertiary/aromatic N) is 1. The molecule has 1 atom stereocenters. The summed E-state index contributed by atoms with van der Waals surface area (Å²) in [5, 5.41) is 7.93. The van der Waals surface area contributed by atoms with Gasteiger partial charge in [-0.25, -0.2) is 0 Å². The molecule has 11 rings (SSSR count). The number of hydrogen-bond donors (Lipinski definition) is 0. The molecule has 1 heterocycles. The molecule has 46 heavy (non-hydrogen) atoms. The maximum atomic E-state index is 2.51. The summed E-state index contributed by atoms with van der Waals surface area (Å²) in [5.41, 5.74) is 14.0. The van der Waals surface area contributed by atoms with Crippen LogP contribution in [-0.4, -0.2) is 4.57 Å². The fraction of sp³-hybridized carbons (Fsp3) is 0.0222. The van der Waals surface area contributed by atoms with Crippen molar-refractivity contribution in [1.29, 1.82) is 0 Å². The summed E-state index contributed by atoms with van der Waals surface area (Å²) in [6.07, 6.45) is 0. The van der Waals surface area contributed by atoms with Crippen LogP contribution in [0.25, 0.3) is 71.3 Å². The van der Waals surface area contributed by atoms with E-state index in [4.69, 9.17) is 0 Å². The van der Waals surface area contributed by atoms with E-state index in [9.17, 15) is 0 Å². The normalized spacial score (nSPS) is 15.9. The molecule has 0 radical (unpaired) electrons. The number of aromatic nitrogens is 1. The summed E-state index contributed by atoms with van der Waals surface area (Å²) in [4.78, 5) is 0. The maximum absolute atomic E-state index is 2.51. The molecule has 1 nitrogen and oxygen atoms in total. The second-order valence-corrected chi connectivity index (χ2v) is 12.9. The minimum absolute atomic E-state index is 0.381. The Labute approximate surface area is 266 Å². The lowest BCUT2D eigenvalue weighted by Crippen LogP contribution is -2.30. The molecule has 2 aliphatic carbocycles. The quantitative estimate of drug-likeness (QED) is 0.196. The highest BCUT2D eigenvalue weighted by Gasteiger charge is 2.50. The Balaban J connectivity index is 1.29. The summed E-state index contributed by atoms with van der Waals surface area (Å²) in [6, 6.07) is 61.1. The SMILES string of the molecule is c1ccc(-c2ccc3ccc(-n4c5ccc6c7c5c5c8c(cccc8ccc54)C7(c4ccccc4)c4ccccc4-6)cc3c2)cc1. The smallest absolute Gasteiger partial charge is 0.0726 e. The van der Waals surface area contributed by atoms with Gasteiger partial charge in [0.2, 0.25) is 0 Å². The van der Waals surface area contributed by atoms with Crippen LogP contribution in [0.4, 0.5) is 0 Å². The van der Waals surface area contributed by atoms with Crippen LogP contribution in [0.2, 0.25) is 0 Å². The van der Waals surface area contributed by atoms with Gasteiger partial charge in [-0.05, 0) is 96.4 Å². The summed E-state index contributed by atoms with van der Waals surface area (Å²) in [5.74, 6) is 0. The molecular weight excluding hydrogens is 555 g/mol. The average molecular weight is 582 g/mol. The molecule has 0 saturated heterocycles. The van der Waals surface area contributed by atoms with E-state index in [-0.39, 0.29) is 5.41 Å². The second kappa shape index (κ2) is 8.62. The monoisotopic (exact) mass is 581 g/mol. The molecular formula is C45H27N. The van der Waals surface area contributed by atoms with Crippen molar-refractivity contribution in [1.82, 2.24) is 4.57 Å². The van der Waals surface area contributed by atoms with Gasteiger partial charge in [-0.15, -0.1) is 0 Å². The predicted octanol–water partition coefficient (Wildman–Crippen LogP) is 11.4. The topological polar surface area (TPSA) is 4.93 Å². The lowest BCUT2D eigenvalue weighted by atomic mass is 9.63. The van der Waals surface area contributed by atoms with Crippen molar-refractivity contribution in [2.45, 2.75) is 5.41 Å². The summed E-state index contributed by atoms with van der Waals surface area (Å²) >= 11 is 0. The van der Waals surface area contributed by atoms with E-state index in [1.165, 1.54) is 93.5 Å². The molecule has 0 bridgehead atoms. The van der Waals surface area contributed by atoms with E-state index >= 15 is 0 Å². The van der Waals surface area contributed by atoms with E-state index in [2.05, 4.69) is 168 Å². The highest BCUT2D eigenvalue weighted by Crippen LogP contribution is 2.63. The van der Waals surface area contributed by atoms with Crippen molar-refractivity contribution in [2.24, 2.45) is 0 Å². The van der Waals surface area contributed by atoms with Crippen molar-refractivity contribution in [3.8, 4) is 27.9 Å². The molecule has 0 fully saturated rings. The summed E-state index contributed by atoms with van der Waals surface area (Å²) in [6.45, 7) is 0. The van der Waals surface area contributed by atoms with Crippen molar-refractivity contribution >= 4 is 43.4 Å². The van der Waals surface area contributed by atoms with Gasteiger partial charge in [-0.3, -0.25) is 0 Å². The predicted molar refractivity (Wildman–Crippen MR) is 192 cm³/mol. The fourth-order valence-corrected chi connectivity index (χ4v) is 8.96. The van der Waals surface area contributed by atoms with Crippen molar-refractivity contribution < 1.29 is 0 Å². The van der Waals surface area contributed by atoms with Gasteiger partial charge in [0.15, 0.2) is 0 Å². The highest BCUT2D eigenvalue weighted by molar-refractivity contribution is 6.28. The first-order valence-corrected chi connectivity index (χ1v) is 16.1. The Bertz CT molecular complexity index is 2730. The van der Waals surface area contributed by atoms with Crippen LogP contribution in [0, 0.1) is 0 Å². The number of hydrogen-bond acceptors (Lipinski definition) is 0. The standard InChI is InChI=1S/C45H27N/c1-3-10-28(11-4-1)31-19-18-29-20-22-34(27-32(29)26-31)46-39-24-21-30-12-9-17-38-41(30)42(39)43-40(46)25-23-36-35-15-7-8-16-37(35)45(38,44(36)43)33-13-5-2-6-14-33/h1-27H. The average Bonchev–Trinajstić information content (AvgIpc) is 3.63. The van der Waals surface area contributed by atoms with E-state index in [0.29, 0.717) is 0 Å². The third kappa shape index (κ3) is 2.87. The molecule has 9 aromatic rings. The Hall–Kier alpha value is -5.92. The van der Waals surface area contributed by atoms with Gasteiger partial charge in [0.1, 0.15) is 0 Å². The first-order chi connectivity index (χ1) is 22.8. The molecule has 1 heteroatoms. The number of benzene rings is 8. The molecule has 212 valence electrons. The largest absolute Gasteiger partial charge is 0.309 e. The van der Waals surface area contributed by atoms with Gasteiger partial charge < -0.3 is 4.57 Å². The van der Waals surface area contributed by atoms with E-state index < -0.39 is 0 Å². The van der Waals surface area contributed by atoms with Gasteiger partial charge in [-0.2, -0.15) is 0 Å². The molecule has 0 amide bonds. The fourth-order valence-electron chi connectivity index (χ4n) is 8.96. The first-order valence-electron chi connectivity index (χ1n) is 16.1. The Kier molecular flexibility index (Phi) is 4.57. The first kappa shape index (κ1) is 24.4. The second-order valence-electron chi connectivity index (χ2n) is 12.9. The Morgan fingerprint density at radius 2 is 1.11 bits per heavy atom. The van der Waals surface area contributed by atoms with Gasteiger partial charge in [0.25, 0.3) is 0 Å². The van der Waals surface area contributed by atoms with Gasteiger partial charge >= 0.3 is 0 Å². The van der Waals surface area contributed by atoms with Crippen molar-refractivity contribution in [3.05, 3.63) is 186 Å². The van der Waals surface area contributed by atoms with Crippen LogP contribution in [-0.2, 0) is 5.41 Å². The molecule has 0 aliphatic heterocycles. The molecule has 2 aliphatic rings. The highest BCUT2D eigenvalue weighted by atomic mass is 15.0. The molecule has 1 aromatic heterocycles. The minimum Gasteiger partial charge on any atom is -0.309 e. The van der Waals surface area contributed by atoms with Crippen LogP contribution in [0.3, 0.4) is 0 Å². The minimum atomic E-state index is -0.381. The van der Waals surface area contributed by atoms with Crippen LogP contribution in [0.15, 0.2) is 164 Å². The lowest BCUT2D eigenvalue weighted by Gasteiger charge is -2.37. The van der Waals surface area contributed by atoms with E-state index in [0.717, 1.165) is 0 Å². The lowest BCUT2D eigenvalue weighted by molar-refractivity contribution is 0.782. The number of fused-ring (bicyclic) bond motifs is 5. The Morgan fingerprint density at radius 1 is 0.391 bits per heavy atom. The van der Waals surface area contributed by atoms with Crippen LogP contribution >= 0.6 is 0 Å². The third-order valence-corrected chi connectivity index (χ3v) is 10.7. The van der Waals surface area contributed by atoms with Gasteiger partial charge in [0.05, 0.1) is 16.4 Å². The van der Waals surface area contributed by atoms with E-state index in [1.54, 1.807) is 0 Å².